The van der Waals surface area contributed by atoms with Gasteiger partial charge in [0.15, 0.2) is 0 Å². The van der Waals surface area contributed by atoms with Crippen molar-refractivity contribution in [2.45, 2.75) is 24.5 Å². The maximum Gasteiger partial charge on any atom is 0.387 e. The molecule has 0 radical (unpaired) electrons. The highest BCUT2D eigenvalue weighted by molar-refractivity contribution is 7.89. The van der Waals surface area contributed by atoms with Crippen LogP contribution in [0.1, 0.15) is 6.92 Å². The van der Waals surface area contributed by atoms with Crippen molar-refractivity contribution in [2.24, 2.45) is 0 Å². The van der Waals surface area contributed by atoms with Gasteiger partial charge < -0.3 is 20.0 Å². The third kappa shape index (κ3) is 5.11. The smallest absolute Gasteiger partial charge is 0.387 e. The van der Waals surface area contributed by atoms with E-state index in [-0.39, 0.29) is 29.6 Å². The quantitative estimate of drug-likeness (QED) is 0.459. The van der Waals surface area contributed by atoms with Gasteiger partial charge in [-0.15, -0.1) is 0 Å². The summed E-state index contributed by atoms with van der Waals surface area (Å²) >= 11 is 0. The highest BCUT2D eigenvalue weighted by Crippen LogP contribution is 2.22. The molecular formula is C21H23F2N5O5S. The monoisotopic (exact) mass is 495 g/mol. The number of nitrogens with one attached hydrogen (secondary N) is 3. The van der Waals surface area contributed by atoms with Gasteiger partial charge in [-0.2, -0.15) is 13.1 Å². The molecule has 1 amide bonds. The number of hydrogen-bond acceptors (Lipinski definition) is 6. The molecule has 1 aliphatic rings. The van der Waals surface area contributed by atoms with Gasteiger partial charge in [0, 0.05) is 31.9 Å². The second-order valence-corrected chi connectivity index (χ2v) is 9.73. The Hall–Kier alpha value is -3.29. The molecule has 1 atom stereocenters. The van der Waals surface area contributed by atoms with Crippen LogP contribution < -0.4 is 15.7 Å². The number of halogens is 2. The maximum absolute atomic E-state index is 13.1. The van der Waals surface area contributed by atoms with Crippen LogP contribution in [0.3, 0.4) is 0 Å². The minimum absolute atomic E-state index is 0.0135. The normalized spacial score (nSPS) is 16.6. The summed E-state index contributed by atoms with van der Waals surface area (Å²) in [4.78, 5) is 31.1. The molecule has 10 nitrogen and oxygen atoms in total. The zero-order valence-corrected chi connectivity index (χ0v) is 18.9. The van der Waals surface area contributed by atoms with Crippen LogP contribution in [-0.4, -0.2) is 72.3 Å². The van der Waals surface area contributed by atoms with Crippen LogP contribution in [0.4, 0.5) is 14.5 Å². The molecule has 3 N–H and O–H groups in total. The van der Waals surface area contributed by atoms with E-state index in [0.717, 1.165) is 0 Å². The number of hydrogen-bond donors (Lipinski definition) is 3. The lowest BCUT2D eigenvalue weighted by atomic mass is 10.2. The second-order valence-electron chi connectivity index (χ2n) is 7.79. The molecule has 0 saturated carbocycles. The van der Waals surface area contributed by atoms with Crippen molar-refractivity contribution in [1.82, 2.24) is 19.2 Å². The molecular weight excluding hydrogens is 472 g/mol. The fourth-order valence-electron chi connectivity index (χ4n) is 3.78. The fourth-order valence-corrected chi connectivity index (χ4v) is 5.23. The molecule has 1 aliphatic heterocycles. The second kappa shape index (κ2) is 9.52. The summed E-state index contributed by atoms with van der Waals surface area (Å²) < 4.78 is 56.2. The summed E-state index contributed by atoms with van der Waals surface area (Å²) in [6.45, 7) is -0.133. The summed E-state index contributed by atoms with van der Waals surface area (Å²) in [6.07, 6.45) is 0. The largest absolute Gasteiger partial charge is 0.435 e. The first kappa shape index (κ1) is 23.9. The van der Waals surface area contributed by atoms with E-state index >= 15 is 0 Å². The van der Waals surface area contributed by atoms with E-state index in [1.807, 2.05) is 4.90 Å². The Morgan fingerprint density at radius 2 is 1.68 bits per heavy atom. The van der Waals surface area contributed by atoms with Crippen molar-refractivity contribution in [3.8, 4) is 5.75 Å². The molecule has 1 aromatic heterocycles. The Morgan fingerprint density at radius 3 is 2.32 bits per heavy atom. The fraction of sp³-hybridized carbons (Fsp3) is 0.333. The molecule has 1 saturated heterocycles. The molecule has 0 spiro atoms. The lowest BCUT2D eigenvalue weighted by Gasteiger charge is -2.36. The van der Waals surface area contributed by atoms with Gasteiger partial charge in [0.05, 0.1) is 22.0 Å². The number of carbonyl (C=O) groups is 1. The Kier molecular flexibility index (Phi) is 6.68. The van der Waals surface area contributed by atoms with Crippen molar-refractivity contribution >= 4 is 32.7 Å². The van der Waals surface area contributed by atoms with Gasteiger partial charge >= 0.3 is 12.3 Å². The maximum atomic E-state index is 13.1. The van der Waals surface area contributed by atoms with Crippen molar-refractivity contribution in [1.29, 1.82) is 0 Å². The summed E-state index contributed by atoms with van der Waals surface area (Å²) in [5, 5.41) is 2.72. The number of carbonyl (C=O) groups excluding carboxylic acids is 1. The zero-order valence-electron chi connectivity index (χ0n) is 18.1. The minimum atomic E-state index is -3.77. The van der Waals surface area contributed by atoms with E-state index in [1.165, 1.54) is 46.8 Å². The third-order valence-corrected chi connectivity index (χ3v) is 7.57. The Labute approximate surface area is 193 Å². The average molecular weight is 496 g/mol. The van der Waals surface area contributed by atoms with Gasteiger partial charge in [0.1, 0.15) is 5.75 Å². The molecule has 4 rings (SSSR count). The SMILES string of the molecule is CC(C(=O)Nc1ccc(OC(F)F)cc1)N1CCN(S(=O)(=O)c2ccc3[nH]c(=O)[nH]c3c2)CC1. The summed E-state index contributed by atoms with van der Waals surface area (Å²) in [5.41, 5.74) is 0.939. The van der Waals surface area contributed by atoms with E-state index in [4.69, 9.17) is 0 Å². The van der Waals surface area contributed by atoms with Gasteiger partial charge in [0.25, 0.3) is 0 Å². The van der Waals surface area contributed by atoms with Gasteiger partial charge in [-0.25, -0.2) is 13.2 Å². The number of nitrogens with zero attached hydrogens (tertiary/aromatic N) is 2. The lowest BCUT2D eigenvalue weighted by Crippen LogP contribution is -2.53. The number of imidazole rings is 1. The summed E-state index contributed by atoms with van der Waals surface area (Å²) in [5.74, 6) is -0.318. The van der Waals surface area contributed by atoms with Crippen molar-refractivity contribution in [3.63, 3.8) is 0 Å². The Morgan fingerprint density at radius 1 is 1.03 bits per heavy atom. The van der Waals surface area contributed by atoms with Crippen LogP contribution in [0.2, 0.25) is 0 Å². The van der Waals surface area contributed by atoms with E-state index in [2.05, 4.69) is 20.0 Å². The summed E-state index contributed by atoms with van der Waals surface area (Å²) in [7, 11) is -3.77. The first-order valence-electron chi connectivity index (χ1n) is 10.5. The summed E-state index contributed by atoms with van der Waals surface area (Å²) in [6, 6.07) is 9.44. The van der Waals surface area contributed by atoms with Crippen LogP contribution in [-0.2, 0) is 14.8 Å². The number of sulfonamides is 1. The minimum Gasteiger partial charge on any atom is -0.435 e. The average Bonchev–Trinajstić information content (AvgIpc) is 3.19. The van der Waals surface area contributed by atoms with Crippen LogP contribution in [0.25, 0.3) is 11.0 Å². The van der Waals surface area contributed by atoms with Gasteiger partial charge in [-0.05, 0) is 49.4 Å². The van der Waals surface area contributed by atoms with Crippen LogP contribution >= 0.6 is 0 Å². The number of benzene rings is 2. The van der Waals surface area contributed by atoms with Crippen molar-refractivity contribution < 1.29 is 26.7 Å². The molecule has 3 aromatic rings. The van der Waals surface area contributed by atoms with Crippen LogP contribution in [0.15, 0.2) is 52.2 Å². The standard InChI is InChI=1S/C21H23F2N5O5S/c1-13(19(29)24-14-2-4-15(5-3-14)33-20(22)23)27-8-10-28(11-9-27)34(31,32)16-6-7-17-18(12-16)26-21(30)25-17/h2-7,12-13,20H,8-11H2,1H3,(H,24,29)(H2,25,26,30). The molecule has 182 valence electrons. The predicted octanol–water partition coefficient (Wildman–Crippen LogP) is 1.79. The van der Waals surface area contributed by atoms with Crippen LogP contribution in [0, 0.1) is 0 Å². The number of piperazine rings is 1. The molecule has 2 heterocycles. The first-order chi connectivity index (χ1) is 16.1. The Bertz CT molecular complexity index is 1330. The van der Waals surface area contributed by atoms with Crippen LogP contribution in [0.5, 0.6) is 5.75 Å². The number of alkyl halides is 2. The number of fused-ring (bicyclic) bond motifs is 1. The topological polar surface area (TPSA) is 128 Å². The molecule has 34 heavy (non-hydrogen) atoms. The lowest BCUT2D eigenvalue weighted by molar-refractivity contribution is -0.121. The van der Waals surface area contributed by atoms with E-state index in [1.54, 1.807) is 6.92 Å². The number of rotatable bonds is 7. The van der Waals surface area contributed by atoms with Crippen molar-refractivity contribution in [3.05, 3.63) is 52.9 Å². The molecule has 0 bridgehead atoms. The first-order valence-corrected chi connectivity index (χ1v) is 11.9. The molecule has 13 heteroatoms. The van der Waals surface area contributed by atoms with Gasteiger partial charge in [-0.3, -0.25) is 9.69 Å². The number of aromatic nitrogens is 2. The molecule has 0 aliphatic carbocycles. The van der Waals surface area contributed by atoms with E-state index in [9.17, 15) is 26.8 Å². The molecule has 1 unspecified atom stereocenters. The number of H-pyrrole nitrogens is 2. The zero-order chi connectivity index (χ0) is 24.5. The number of amides is 1. The number of aromatic amines is 2. The Balaban J connectivity index is 1.35. The van der Waals surface area contributed by atoms with Gasteiger partial charge in [0.2, 0.25) is 15.9 Å². The molecule has 1 fully saturated rings. The number of ether oxygens (including phenoxy) is 1. The van der Waals surface area contributed by atoms with Crippen molar-refractivity contribution in [2.75, 3.05) is 31.5 Å². The predicted molar refractivity (Wildman–Crippen MR) is 120 cm³/mol. The van der Waals surface area contributed by atoms with Gasteiger partial charge in [-0.1, -0.05) is 0 Å². The third-order valence-electron chi connectivity index (χ3n) is 5.67. The van der Waals surface area contributed by atoms with E-state index < -0.39 is 28.4 Å². The molecule has 2 aromatic carbocycles. The number of anilines is 1. The highest BCUT2D eigenvalue weighted by Gasteiger charge is 2.32. The highest BCUT2D eigenvalue weighted by atomic mass is 32.2. The van der Waals surface area contributed by atoms with E-state index in [0.29, 0.717) is 29.8 Å².